The number of rotatable bonds is 4. The summed E-state index contributed by atoms with van der Waals surface area (Å²) in [4.78, 5) is 10.6. The molecule has 0 saturated heterocycles. The minimum Gasteiger partial charge on any atom is -0.481 e. The molecule has 1 aromatic carbocycles. The van der Waals surface area contributed by atoms with Crippen molar-refractivity contribution in [3.05, 3.63) is 27.1 Å². The van der Waals surface area contributed by atoms with Gasteiger partial charge in [-0.3, -0.25) is 4.79 Å². The number of carbonyl (C=O) groups is 1. The van der Waals surface area contributed by atoms with Gasteiger partial charge in [-0.25, -0.2) is 4.68 Å². The summed E-state index contributed by atoms with van der Waals surface area (Å²) in [6, 6.07) is 5.63. The maximum Gasteiger partial charge on any atom is 0.305 e. The van der Waals surface area contributed by atoms with Crippen molar-refractivity contribution in [2.24, 2.45) is 0 Å². The van der Waals surface area contributed by atoms with Crippen molar-refractivity contribution in [1.82, 2.24) is 20.2 Å². The summed E-state index contributed by atoms with van der Waals surface area (Å²) >= 11 is 6.80. The van der Waals surface area contributed by atoms with Gasteiger partial charge in [0.2, 0.25) is 0 Å². The smallest absolute Gasteiger partial charge is 0.305 e. The van der Waals surface area contributed by atoms with Crippen molar-refractivity contribution in [1.29, 1.82) is 0 Å². The molecule has 0 saturated carbocycles. The van der Waals surface area contributed by atoms with Crippen LogP contribution in [0, 0.1) is 0 Å². The number of hydrogen-bond acceptors (Lipinski definition) is 4. The molecule has 0 amide bonds. The number of carboxylic acid groups (broad SMARTS) is 1. The number of aliphatic carboxylic acids is 1. The second-order valence-corrected chi connectivity index (χ2v) is 5.26. The van der Waals surface area contributed by atoms with Gasteiger partial charge in [0.1, 0.15) is 0 Å². The molecular formula is C10H8Br2N4O2. The summed E-state index contributed by atoms with van der Waals surface area (Å²) in [6.07, 6.45) is -0.0241. The van der Waals surface area contributed by atoms with E-state index in [0.29, 0.717) is 5.82 Å². The van der Waals surface area contributed by atoms with Crippen molar-refractivity contribution < 1.29 is 9.90 Å². The van der Waals surface area contributed by atoms with Crippen molar-refractivity contribution >= 4 is 37.8 Å². The summed E-state index contributed by atoms with van der Waals surface area (Å²) in [5.41, 5.74) is 0.805. The number of aryl methyl sites for hydroxylation is 1. The molecule has 1 heterocycles. The van der Waals surface area contributed by atoms with Gasteiger partial charge < -0.3 is 5.11 Å². The van der Waals surface area contributed by atoms with E-state index in [4.69, 9.17) is 5.11 Å². The summed E-state index contributed by atoms with van der Waals surface area (Å²) in [5.74, 6) is -0.353. The van der Waals surface area contributed by atoms with Crippen LogP contribution in [-0.4, -0.2) is 31.3 Å². The Bertz CT molecular complexity index is 585. The topological polar surface area (TPSA) is 80.9 Å². The first-order chi connectivity index (χ1) is 8.58. The molecular weight excluding hydrogens is 368 g/mol. The maximum absolute atomic E-state index is 10.6. The molecule has 0 radical (unpaired) electrons. The molecule has 18 heavy (non-hydrogen) atoms. The van der Waals surface area contributed by atoms with Gasteiger partial charge in [0, 0.05) is 14.5 Å². The zero-order valence-electron chi connectivity index (χ0n) is 9.05. The van der Waals surface area contributed by atoms with Crippen LogP contribution in [0.3, 0.4) is 0 Å². The van der Waals surface area contributed by atoms with Crippen LogP contribution in [0.5, 0.6) is 0 Å². The molecule has 2 rings (SSSR count). The number of hydrogen-bond donors (Lipinski definition) is 1. The molecule has 2 aromatic rings. The predicted octanol–water partition coefficient (Wildman–Crippen LogP) is 2.34. The van der Waals surface area contributed by atoms with Gasteiger partial charge in [-0.2, -0.15) is 0 Å². The maximum atomic E-state index is 10.6. The van der Waals surface area contributed by atoms with E-state index in [-0.39, 0.29) is 13.0 Å². The Morgan fingerprint density at radius 1 is 1.39 bits per heavy atom. The molecule has 8 heteroatoms. The highest BCUT2D eigenvalue weighted by Crippen LogP contribution is 2.29. The lowest BCUT2D eigenvalue weighted by Gasteiger charge is -2.05. The molecule has 0 spiro atoms. The highest BCUT2D eigenvalue weighted by atomic mass is 79.9. The number of benzene rings is 1. The molecule has 1 aromatic heterocycles. The Morgan fingerprint density at radius 3 is 2.89 bits per heavy atom. The Morgan fingerprint density at radius 2 is 2.17 bits per heavy atom. The monoisotopic (exact) mass is 374 g/mol. The van der Waals surface area contributed by atoms with Gasteiger partial charge >= 0.3 is 5.97 Å². The van der Waals surface area contributed by atoms with Crippen LogP contribution < -0.4 is 0 Å². The summed E-state index contributed by atoms with van der Waals surface area (Å²) in [5, 5.41) is 20.0. The molecule has 0 unspecified atom stereocenters. The van der Waals surface area contributed by atoms with Crippen LogP contribution in [0.4, 0.5) is 0 Å². The molecule has 0 aliphatic rings. The molecule has 0 fully saturated rings. The van der Waals surface area contributed by atoms with Gasteiger partial charge in [-0.05, 0) is 28.6 Å². The summed E-state index contributed by atoms with van der Waals surface area (Å²) in [6.45, 7) is 0.233. The Kier molecular flexibility index (Phi) is 4.07. The number of carboxylic acids is 1. The van der Waals surface area contributed by atoms with Crippen molar-refractivity contribution in [3.63, 3.8) is 0 Å². The van der Waals surface area contributed by atoms with E-state index in [1.54, 1.807) is 0 Å². The van der Waals surface area contributed by atoms with E-state index in [1.807, 2.05) is 18.2 Å². The average Bonchev–Trinajstić information content (AvgIpc) is 2.77. The molecule has 6 nitrogen and oxygen atoms in total. The minimum absolute atomic E-state index is 0.0241. The molecule has 0 aliphatic heterocycles. The van der Waals surface area contributed by atoms with Crippen LogP contribution in [0.1, 0.15) is 6.42 Å². The second kappa shape index (κ2) is 5.57. The third-order valence-electron chi connectivity index (χ3n) is 2.24. The van der Waals surface area contributed by atoms with E-state index >= 15 is 0 Å². The number of nitrogens with zero attached hydrogens (tertiary/aromatic N) is 4. The average molecular weight is 376 g/mol. The standard InChI is InChI=1S/C10H8Br2N4O2/c11-6-1-2-8(12)7(5-6)10-13-14-15-16(10)4-3-9(17)18/h1-2,5H,3-4H2,(H,17,18). The fourth-order valence-corrected chi connectivity index (χ4v) is 2.20. The Hall–Kier alpha value is -1.28. The lowest BCUT2D eigenvalue weighted by atomic mass is 10.2. The Balaban J connectivity index is 2.36. The number of tetrazole rings is 1. The van der Waals surface area contributed by atoms with Crippen LogP contribution in [0.2, 0.25) is 0 Å². The van der Waals surface area contributed by atoms with E-state index < -0.39 is 5.97 Å². The molecule has 94 valence electrons. The lowest BCUT2D eigenvalue weighted by Crippen LogP contribution is -2.08. The largest absolute Gasteiger partial charge is 0.481 e. The zero-order chi connectivity index (χ0) is 13.1. The third kappa shape index (κ3) is 2.94. The van der Waals surface area contributed by atoms with Crippen LogP contribution in [0.25, 0.3) is 11.4 Å². The Labute approximate surface area is 119 Å². The van der Waals surface area contributed by atoms with Gasteiger partial charge in [0.15, 0.2) is 5.82 Å². The van der Waals surface area contributed by atoms with Crippen molar-refractivity contribution in [2.75, 3.05) is 0 Å². The number of halogens is 2. The highest BCUT2D eigenvalue weighted by molar-refractivity contribution is 9.11. The molecule has 0 bridgehead atoms. The quantitative estimate of drug-likeness (QED) is 0.886. The number of aromatic nitrogens is 4. The molecule has 0 aliphatic carbocycles. The summed E-state index contributed by atoms with van der Waals surface area (Å²) in [7, 11) is 0. The van der Waals surface area contributed by atoms with Gasteiger partial charge in [-0.1, -0.05) is 31.9 Å². The van der Waals surface area contributed by atoms with Crippen molar-refractivity contribution in [3.8, 4) is 11.4 Å². The molecule has 1 N–H and O–H groups in total. The predicted molar refractivity (Wildman–Crippen MR) is 70.9 cm³/mol. The fraction of sp³-hybridized carbons (Fsp3) is 0.200. The van der Waals surface area contributed by atoms with Crippen LogP contribution in [0.15, 0.2) is 27.1 Å². The van der Waals surface area contributed by atoms with Crippen LogP contribution in [-0.2, 0) is 11.3 Å². The highest BCUT2D eigenvalue weighted by Gasteiger charge is 2.13. The van der Waals surface area contributed by atoms with E-state index in [1.165, 1.54) is 4.68 Å². The third-order valence-corrected chi connectivity index (χ3v) is 3.42. The zero-order valence-corrected chi connectivity index (χ0v) is 12.2. The fourth-order valence-electron chi connectivity index (χ4n) is 1.42. The van der Waals surface area contributed by atoms with Gasteiger partial charge in [-0.15, -0.1) is 5.10 Å². The van der Waals surface area contributed by atoms with E-state index in [0.717, 1.165) is 14.5 Å². The van der Waals surface area contributed by atoms with Crippen molar-refractivity contribution in [2.45, 2.75) is 13.0 Å². The minimum atomic E-state index is -0.884. The molecule has 0 atom stereocenters. The normalized spacial score (nSPS) is 10.6. The first-order valence-electron chi connectivity index (χ1n) is 5.01. The SMILES string of the molecule is O=C(O)CCn1nnnc1-c1cc(Br)ccc1Br. The van der Waals surface area contributed by atoms with E-state index in [2.05, 4.69) is 47.4 Å². The van der Waals surface area contributed by atoms with E-state index in [9.17, 15) is 4.79 Å². The first kappa shape index (κ1) is 13.2. The lowest BCUT2D eigenvalue weighted by molar-refractivity contribution is -0.137. The van der Waals surface area contributed by atoms with Gasteiger partial charge in [0.25, 0.3) is 0 Å². The summed E-state index contributed by atoms with van der Waals surface area (Å²) < 4.78 is 3.21. The second-order valence-electron chi connectivity index (χ2n) is 3.49. The van der Waals surface area contributed by atoms with Gasteiger partial charge in [0.05, 0.1) is 13.0 Å². The first-order valence-corrected chi connectivity index (χ1v) is 6.60. The van der Waals surface area contributed by atoms with Crippen LogP contribution >= 0.6 is 31.9 Å².